The molecule has 1 fully saturated rings. The van der Waals surface area contributed by atoms with E-state index in [2.05, 4.69) is 10.6 Å². The Morgan fingerprint density at radius 1 is 1.23 bits per heavy atom. The molecule has 1 aromatic carbocycles. The monoisotopic (exact) mass is 440 g/mol. The fraction of sp³-hybridized carbons (Fsp3) is 0.571. The number of hydrogen-bond donors (Lipinski definition) is 4. The van der Waals surface area contributed by atoms with Crippen molar-refractivity contribution < 1.29 is 28.3 Å². The summed E-state index contributed by atoms with van der Waals surface area (Å²) in [4.78, 5) is 38.1. The van der Waals surface area contributed by atoms with E-state index in [1.165, 1.54) is 4.90 Å². The van der Waals surface area contributed by atoms with Gasteiger partial charge in [0.2, 0.25) is 11.8 Å². The van der Waals surface area contributed by atoms with Gasteiger partial charge in [0.1, 0.15) is 12.1 Å². The highest BCUT2D eigenvalue weighted by Crippen LogP contribution is 2.21. The topological polar surface area (TPSA) is 125 Å². The van der Waals surface area contributed by atoms with Gasteiger partial charge in [-0.25, -0.2) is 0 Å². The molecule has 2 rings (SSSR count). The normalized spacial score (nSPS) is 18.5. The number of carbonyl (C=O) groups is 3. The molecule has 1 heterocycles. The second-order valence-corrected chi connectivity index (χ2v) is 8.01. The average Bonchev–Trinajstić information content (AvgIpc) is 3.24. The molecule has 31 heavy (non-hydrogen) atoms. The molecule has 3 atom stereocenters. The van der Waals surface area contributed by atoms with Crippen LogP contribution in [0, 0.1) is 5.92 Å². The number of nitrogens with one attached hydrogen (secondary N) is 2. The molecule has 8 nitrogen and oxygen atoms in total. The molecule has 0 bridgehead atoms. The first-order valence-electron chi connectivity index (χ1n) is 10.3. The Labute approximate surface area is 180 Å². The summed E-state index contributed by atoms with van der Waals surface area (Å²) in [5.74, 6) is -6.90. The number of benzene rings is 1. The van der Waals surface area contributed by atoms with Crippen LogP contribution in [0.1, 0.15) is 32.3 Å². The van der Waals surface area contributed by atoms with Crippen LogP contribution in [-0.2, 0) is 20.9 Å². The molecule has 1 aliphatic heterocycles. The van der Waals surface area contributed by atoms with Crippen molar-refractivity contribution in [3.8, 4) is 0 Å². The summed E-state index contributed by atoms with van der Waals surface area (Å²) in [7, 11) is 0. The first kappa shape index (κ1) is 24.7. The molecule has 2 unspecified atom stereocenters. The zero-order valence-corrected chi connectivity index (χ0v) is 17.7. The number of halogens is 2. The number of nitrogens with zero attached hydrogens (tertiary/aromatic N) is 1. The smallest absolute Gasteiger partial charge is 0.351 e. The zero-order chi connectivity index (χ0) is 23.2. The van der Waals surface area contributed by atoms with Gasteiger partial charge in [0.15, 0.2) is 0 Å². The molecule has 172 valence electrons. The summed E-state index contributed by atoms with van der Waals surface area (Å²) < 4.78 is 28.5. The summed E-state index contributed by atoms with van der Waals surface area (Å²) in [6.45, 7) is 2.96. The molecular formula is C21H30F2N4O4. The number of amides is 3. The van der Waals surface area contributed by atoms with Crippen LogP contribution in [0.4, 0.5) is 8.78 Å². The highest BCUT2D eigenvalue weighted by molar-refractivity contribution is 5.90. The van der Waals surface area contributed by atoms with Crippen LogP contribution in [0.3, 0.4) is 0 Å². The van der Waals surface area contributed by atoms with Crippen molar-refractivity contribution >= 4 is 17.7 Å². The number of rotatable bonds is 9. The minimum atomic E-state index is -4.10. The molecule has 0 radical (unpaired) electrons. The molecule has 1 saturated heterocycles. The number of alkyl halides is 2. The van der Waals surface area contributed by atoms with Gasteiger partial charge < -0.3 is 26.4 Å². The summed E-state index contributed by atoms with van der Waals surface area (Å²) >= 11 is 0. The van der Waals surface area contributed by atoms with Crippen LogP contribution in [-0.4, -0.2) is 64.9 Å². The first-order chi connectivity index (χ1) is 14.6. The van der Waals surface area contributed by atoms with Gasteiger partial charge in [0, 0.05) is 13.1 Å². The number of nitrogens with two attached hydrogens (primary N) is 1. The molecule has 0 aliphatic carbocycles. The predicted molar refractivity (Wildman–Crippen MR) is 110 cm³/mol. The summed E-state index contributed by atoms with van der Waals surface area (Å²) in [6.07, 6.45) is -1.47. The van der Waals surface area contributed by atoms with Crippen LogP contribution in [0.2, 0.25) is 0 Å². The van der Waals surface area contributed by atoms with E-state index in [1.54, 1.807) is 44.2 Å². The average molecular weight is 440 g/mol. The van der Waals surface area contributed by atoms with E-state index in [9.17, 15) is 28.3 Å². The van der Waals surface area contributed by atoms with Crippen LogP contribution in [0.5, 0.6) is 0 Å². The second kappa shape index (κ2) is 10.6. The molecule has 0 spiro atoms. The van der Waals surface area contributed by atoms with Crippen molar-refractivity contribution in [3.05, 3.63) is 35.9 Å². The standard InChI is InChI=1S/C21H30F2N4O4/c1-13(2)17(24)19(30)27-10-6-9-15(27)18(29)25-12-16(28)21(22,23)20(31)26-11-14-7-4-3-5-8-14/h3-5,7-8,13,15-17,28H,6,9-12,24H2,1-2H3,(H,25,29)(H,26,31)/t15?,16?,17-/m0/s1. The van der Waals surface area contributed by atoms with E-state index < -0.39 is 42.5 Å². The van der Waals surface area contributed by atoms with Gasteiger partial charge >= 0.3 is 5.92 Å². The maximum atomic E-state index is 14.2. The minimum absolute atomic E-state index is 0.119. The fourth-order valence-electron chi connectivity index (χ4n) is 3.27. The Morgan fingerprint density at radius 2 is 1.87 bits per heavy atom. The molecule has 1 aromatic rings. The molecular weight excluding hydrogens is 410 g/mol. The number of hydrogen-bond acceptors (Lipinski definition) is 5. The van der Waals surface area contributed by atoms with Crippen molar-refractivity contribution in [2.24, 2.45) is 11.7 Å². The van der Waals surface area contributed by atoms with Crippen molar-refractivity contribution in [1.29, 1.82) is 0 Å². The maximum absolute atomic E-state index is 14.2. The molecule has 0 aromatic heterocycles. The third kappa shape index (κ3) is 6.20. The fourth-order valence-corrected chi connectivity index (χ4v) is 3.27. The Bertz CT molecular complexity index is 776. The van der Waals surface area contributed by atoms with Gasteiger partial charge in [-0.3, -0.25) is 14.4 Å². The van der Waals surface area contributed by atoms with Crippen LogP contribution in [0.25, 0.3) is 0 Å². The molecule has 1 aliphatic rings. The Morgan fingerprint density at radius 3 is 2.48 bits per heavy atom. The third-order valence-corrected chi connectivity index (χ3v) is 5.33. The lowest BCUT2D eigenvalue weighted by molar-refractivity contribution is -0.163. The van der Waals surface area contributed by atoms with Gasteiger partial charge in [0.05, 0.1) is 12.6 Å². The molecule has 10 heteroatoms. The van der Waals surface area contributed by atoms with Gasteiger partial charge in [-0.05, 0) is 24.3 Å². The Kier molecular flexibility index (Phi) is 8.46. The van der Waals surface area contributed by atoms with Gasteiger partial charge in [-0.15, -0.1) is 0 Å². The van der Waals surface area contributed by atoms with Gasteiger partial charge in [-0.2, -0.15) is 8.78 Å². The van der Waals surface area contributed by atoms with E-state index in [0.717, 1.165) is 0 Å². The third-order valence-electron chi connectivity index (χ3n) is 5.33. The van der Waals surface area contributed by atoms with E-state index >= 15 is 0 Å². The molecule has 3 amide bonds. The molecule has 0 saturated carbocycles. The van der Waals surface area contributed by atoms with Gasteiger partial charge in [-0.1, -0.05) is 44.2 Å². The van der Waals surface area contributed by atoms with Gasteiger partial charge in [0.25, 0.3) is 5.91 Å². The van der Waals surface area contributed by atoms with Crippen molar-refractivity contribution in [3.63, 3.8) is 0 Å². The summed E-state index contributed by atoms with van der Waals surface area (Å²) in [5.41, 5.74) is 6.50. The number of likely N-dealkylation sites (tertiary alicyclic amines) is 1. The number of carbonyl (C=O) groups excluding carboxylic acids is 3. The van der Waals surface area contributed by atoms with E-state index in [-0.39, 0.29) is 18.4 Å². The highest BCUT2D eigenvalue weighted by Gasteiger charge is 2.47. The van der Waals surface area contributed by atoms with E-state index in [4.69, 9.17) is 5.73 Å². The van der Waals surface area contributed by atoms with Crippen molar-refractivity contribution in [1.82, 2.24) is 15.5 Å². The lowest BCUT2D eigenvalue weighted by Crippen LogP contribution is -2.55. The van der Waals surface area contributed by atoms with Crippen LogP contribution >= 0.6 is 0 Å². The largest absolute Gasteiger partial charge is 0.384 e. The quantitative estimate of drug-likeness (QED) is 0.442. The molecule has 5 N–H and O–H groups in total. The Balaban J connectivity index is 1.89. The minimum Gasteiger partial charge on any atom is -0.384 e. The van der Waals surface area contributed by atoms with E-state index in [0.29, 0.717) is 24.9 Å². The summed E-state index contributed by atoms with van der Waals surface area (Å²) in [6, 6.07) is 6.87. The SMILES string of the molecule is CC(C)[C@H](N)C(=O)N1CCCC1C(=O)NCC(O)C(F)(F)C(=O)NCc1ccccc1. The predicted octanol–water partition coefficient (Wildman–Crippen LogP) is 0.390. The number of aliphatic hydroxyl groups excluding tert-OH is 1. The van der Waals surface area contributed by atoms with Crippen molar-refractivity contribution in [2.75, 3.05) is 13.1 Å². The lowest BCUT2D eigenvalue weighted by Gasteiger charge is -2.28. The first-order valence-corrected chi connectivity index (χ1v) is 10.3. The zero-order valence-electron chi connectivity index (χ0n) is 17.7. The summed E-state index contributed by atoms with van der Waals surface area (Å²) in [5, 5.41) is 14.2. The number of aliphatic hydroxyl groups is 1. The van der Waals surface area contributed by atoms with Crippen LogP contribution in [0.15, 0.2) is 30.3 Å². The maximum Gasteiger partial charge on any atom is 0.351 e. The highest BCUT2D eigenvalue weighted by atomic mass is 19.3. The van der Waals surface area contributed by atoms with Crippen molar-refractivity contribution in [2.45, 2.75) is 57.3 Å². The lowest BCUT2D eigenvalue weighted by atomic mass is 10.0. The second-order valence-electron chi connectivity index (χ2n) is 8.01. The Hall–Kier alpha value is -2.59. The van der Waals surface area contributed by atoms with Crippen LogP contribution < -0.4 is 16.4 Å². The van der Waals surface area contributed by atoms with E-state index in [1.807, 2.05) is 0 Å².